The molecule has 3 N–H and O–H groups in total. The van der Waals surface area contributed by atoms with E-state index in [4.69, 9.17) is 22.1 Å². The topological polar surface area (TPSA) is 84.7 Å². The molecule has 0 saturated carbocycles. The molecule has 0 radical (unpaired) electrons. The van der Waals surface area contributed by atoms with Crippen LogP contribution in [0.25, 0.3) is 0 Å². The Hall–Kier alpha value is -1.41. The Bertz CT molecular complexity index is 532. The van der Waals surface area contributed by atoms with Crippen molar-refractivity contribution in [2.75, 3.05) is 33.4 Å². The molecule has 9 heteroatoms. The van der Waals surface area contributed by atoms with E-state index in [1.165, 1.54) is 30.2 Å². The monoisotopic (exact) mass is 367 g/mol. The standard InChI is InChI=1S/C14H19ClFN3O3.ClH/c1-22-5-4-19(14(21)8-18-13(20)7-17)9-10-2-3-11(16)6-12(10)15;/h2-3,6H,4-5,7-9,17H2,1H3,(H,18,20);1H. The first-order valence-corrected chi connectivity index (χ1v) is 7.03. The van der Waals surface area contributed by atoms with Gasteiger partial charge in [0.25, 0.3) is 0 Å². The molecule has 1 aromatic carbocycles. The number of methoxy groups -OCH3 is 1. The van der Waals surface area contributed by atoms with Crippen molar-refractivity contribution in [1.82, 2.24) is 10.2 Å². The van der Waals surface area contributed by atoms with Crippen molar-refractivity contribution in [2.24, 2.45) is 5.73 Å². The quantitative estimate of drug-likeness (QED) is 0.716. The van der Waals surface area contributed by atoms with Crippen LogP contribution in [0.2, 0.25) is 5.02 Å². The predicted molar refractivity (Wildman–Crippen MR) is 88.0 cm³/mol. The minimum atomic E-state index is -0.446. The third-order valence-corrected chi connectivity index (χ3v) is 3.27. The van der Waals surface area contributed by atoms with Crippen LogP contribution in [-0.2, 0) is 20.9 Å². The van der Waals surface area contributed by atoms with Crippen LogP contribution in [0, 0.1) is 5.82 Å². The molecule has 1 aromatic rings. The van der Waals surface area contributed by atoms with E-state index < -0.39 is 11.7 Å². The smallest absolute Gasteiger partial charge is 0.242 e. The summed E-state index contributed by atoms with van der Waals surface area (Å²) in [5, 5.41) is 2.65. The van der Waals surface area contributed by atoms with Crippen molar-refractivity contribution >= 4 is 35.8 Å². The van der Waals surface area contributed by atoms with Gasteiger partial charge in [-0.15, -0.1) is 12.4 Å². The second-order valence-electron chi connectivity index (χ2n) is 4.52. The molecule has 1 rings (SSSR count). The van der Waals surface area contributed by atoms with Gasteiger partial charge in [0.15, 0.2) is 0 Å². The van der Waals surface area contributed by atoms with Crippen LogP contribution in [0.4, 0.5) is 4.39 Å². The number of ether oxygens (including phenoxy) is 1. The molecule has 130 valence electrons. The molecule has 0 unspecified atom stereocenters. The molecular weight excluding hydrogens is 348 g/mol. The van der Waals surface area contributed by atoms with Gasteiger partial charge in [-0.25, -0.2) is 4.39 Å². The van der Waals surface area contributed by atoms with Gasteiger partial charge in [-0.05, 0) is 17.7 Å². The molecule has 0 saturated heterocycles. The number of carbonyl (C=O) groups excluding carboxylic acids is 2. The maximum absolute atomic E-state index is 13.1. The van der Waals surface area contributed by atoms with Crippen molar-refractivity contribution in [3.05, 3.63) is 34.6 Å². The summed E-state index contributed by atoms with van der Waals surface area (Å²) < 4.78 is 18.0. The van der Waals surface area contributed by atoms with Crippen LogP contribution in [0.5, 0.6) is 0 Å². The summed E-state index contributed by atoms with van der Waals surface area (Å²) >= 11 is 5.97. The summed E-state index contributed by atoms with van der Waals surface area (Å²) in [4.78, 5) is 24.7. The second kappa shape index (κ2) is 11.2. The predicted octanol–water partition coefficient (Wildman–Crippen LogP) is 0.951. The fourth-order valence-electron chi connectivity index (χ4n) is 1.71. The maximum atomic E-state index is 13.1. The van der Waals surface area contributed by atoms with Gasteiger partial charge in [-0.3, -0.25) is 9.59 Å². The number of rotatable bonds is 8. The molecule has 6 nitrogen and oxygen atoms in total. The first-order valence-electron chi connectivity index (χ1n) is 6.65. The number of halogens is 3. The molecule has 0 aliphatic rings. The van der Waals surface area contributed by atoms with Crippen molar-refractivity contribution in [3.8, 4) is 0 Å². The molecule has 0 aliphatic carbocycles. The summed E-state index contributed by atoms with van der Waals surface area (Å²) in [5.41, 5.74) is 5.77. The largest absolute Gasteiger partial charge is 0.383 e. The summed E-state index contributed by atoms with van der Waals surface area (Å²) in [6.07, 6.45) is 0. The lowest BCUT2D eigenvalue weighted by Crippen LogP contribution is -2.42. The van der Waals surface area contributed by atoms with E-state index in [-0.39, 0.29) is 43.0 Å². The maximum Gasteiger partial charge on any atom is 0.242 e. The van der Waals surface area contributed by atoms with Crippen LogP contribution < -0.4 is 11.1 Å². The Kier molecular flexibility index (Phi) is 10.5. The van der Waals surface area contributed by atoms with E-state index in [0.717, 1.165) is 0 Å². The van der Waals surface area contributed by atoms with Gasteiger partial charge in [-0.2, -0.15) is 0 Å². The van der Waals surface area contributed by atoms with Gasteiger partial charge in [0.05, 0.1) is 19.7 Å². The van der Waals surface area contributed by atoms with Crippen LogP contribution in [0.15, 0.2) is 18.2 Å². The number of hydrogen-bond acceptors (Lipinski definition) is 4. The molecule has 0 heterocycles. The molecule has 0 spiro atoms. The van der Waals surface area contributed by atoms with Crippen molar-refractivity contribution in [3.63, 3.8) is 0 Å². The first-order chi connectivity index (χ1) is 10.5. The highest BCUT2D eigenvalue weighted by Gasteiger charge is 2.16. The van der Waals surface area contributed by atoms with Gasteiger partial charge < -0.3 is 20.7 Å². The number of amides is 2. The number of nitrogens with two attached hydrogens (primary N) is 1. The minimum absolute atomic E-state index is 0. The summed E-state index contributed by atoms with van der Waals surface area (Å²) in [6.45, 7) is 0.491. The zero-order valence-corrected chi connectivity index (χ0v) is 14.3. The van der Waals surface area contributed by atoms with E-state index in [1.54, 1.807) is 0 Å². The SMILES string of the molecule is COCCN(Cc1ccc(F)cc1Cl)C(=O)CNC(=O)CN.Cl. The van der Waals surface area contributed by atoms with Crippen LogP contribution in [0.1, 0.15) is 5.56 Å². The average Bonchev–Trinajstić information content (AvgIpc) is 2.50. The van der Waals surface area contributed by atoms with E-state index in [2.05, 4.69) is 5.32 Å². The third-order valence-electron chi connectivity index (χ3n) is 2.92. The Morgan fingerprint density at radius 3 is 2.70 bits per heavy atom. The summed E-state index contributed by atoms with van der Waals surface area (Å²) in [7, 11) is 1.52. The lowest BCUT2D eigenvalue weighted by molar-refractivity contribution is -0.133. The first kappa shape index (κ1) is 21.6. The van der Waals surface area contributed by atoms with Crippen LogP contribution >= 0.6 is 24.0 Å². The van der Waals surface area contributed by atoms with Crippen molar-refractivity contribution in [2.45, 2.75) is 6.54 Å². The van der Waals surface area contributed by atoms with E-state index in [9.17, 15) is 14.0 Å². The van der Waals surface area contributed by atoms with Gasteiger partial charge in [0.2, 0.25) is 11.8 Å². The zero-order valence-electron chi connectivity index (χ0n) is 12.7. The Labute approximate surface area is 145 Å². The molecule has 0 aliphatic heterocycles. The third kappa shape index (κ3) is 7.60. The number of nitrogens with one attached hydrogen (secondary N) is 1. The molecule has 23 heavy (non-hydrogen) atoms. The number of hydrogen-bond donors (Lipinski definition) is 2. The summed E-state index contributed by atoms with van der Waals surface area (Å²) in [6, 6.07) is 3.98. The highest BCUT2D eigenvalue weighted by Crippen LogP contribution is 2.19. The fourth-order valence-corrected chi connectivity index (χ4v) is 1.93. The number of benzene rings is 1. The average molecular weight is 368 g/mol. The highest BCUT2D eigenvalue weighted by atomic mass is 35.5. The normalized spacial score (nSPS) is 9.91. The molecule has 0 atom stereocenters. The lowest BCUT2D eigenvalue weighted by Gasteiger charge is -2.23. The Morgan fingerprint density at radius 2 is 2.13 bits per heavy atom. The van der Waals surface area contributed by atoms with Crippen LogP contribution in [0.3, 0.4) is 0 Å². The lowest BCUT2D eigenvalue weighted by atomic mass is 10.2. The number of carbonyl (C=O) groups is 2. The Balaban J connectivity index is 0.00000484. The fraction of sp³-hybridized carbons (Fsp3) is 0.429. The van der Waals surface area contributed by atoms with E-state index >= 15 is 0 Å². The molecular formula is C14H20Cl2FN3O3. The van der Waals surface area contributed by atoms with Crippen LogP contribution in [-0.4, -0.2) is 50.1 Å². The van der Waals surface area contributed by atoms with Gasteiger partial charge >= 0.3 is 0 Å². The van der Waals surface area contributed by atoms with Gasteiger partial charge in [0, 0.05) is 25.2 Å². The van der Waals surface area contributed by atoms with Crippen molar-refractivity contribution in [1.29, 1.82) is 0 Å². The minimum Gasteiger partial charge on any atom is -0.383 e. The zero-order chi connectivity index (χ0) is 16.5. The molecule has 2 amide bonds. The highest BCUT2D eigenvalue weighted by molar-refractivity contribution is 6.31. The Morgan fingerprint density at radius 1 is 1.43 bits per heavy atom. The molecule has 0 bridgehead atoms. The van der Waals surface area contributed by atoms with Crippen molar-refractivity contribution < 1.29 is 18.7 Å². The molecule has 0 fully saturated rings. The van der Waals surface area contributed by atoms with Gasteiger partial charge in [-0.1, -0.05) is 17.7 Å². The summed E-state index contributed by atoms with van der Waals surface area (Å²) in [5.74, 6) is -1.17. The van der Waals surface area contributed by atoms with E-state index in [0.29, 0.717) is 18.7 Å². The van der Waals surface area contributed by atoms with Gasteiger partial charge in [0.1, 0.15) is 5.82 Å². The number of nitrogens with zero attached hydrogens (tertiary/aromatic N) is 1. The second-order valence-corrected chi connectivity index (χ2v) is 4.93. The van der Waals surface area contributed by atoms with E-state index in [1.807, 2.05) is 0 Å². The molecule has 0 aromatic heterocycles.